The second-order valence-electron chi connectivity index (χ2n) is 5.56. The molecule has 2 aliphatic rings. The highest BCUT2D eigenvalue weighted by Crippen LogP contribution is 2.34. The van der Waals surface area contributed by atoms with E-state index in [2.05, 4.69) is 10.3 Å². The van der Waals surface area contributed by atoms with Gasteiger partial charge in [0.1, 0.15) is 6.04 Å². The van der Waals surface area contributed by atoms with Gasteiger partial charge in [0.15, 0.2) is 0 Å². The number of pyridine rings is 1. The lowest BCUT2D eigenvalue weighted by Gasteiger charge is -2.24. The molecule has 0 spiro atoms. The molecule has 1 aromatic heterocycles. The quantitative estimate of drug-likeness (QED) is 0.886. The number of rotatable bonds is 4. The molecule has 1 unspecified atom stereocenters. The van der Waals surface area contributed by atoms with E-state index in [1.165, 1.54) is 0 Å². The van der Waals surface area contributed by atoms with Gasteiger partial charge in [-0.2, -0.15) is 0 Å². The summed E-state index contributed by atoms with van der Waals surface area (Å²) in [6, 6.07) is 3.36. The fourth-order valence-electron chi connectivity index (χ4n) is 2.69. The van der Waals surface area contributed by atoms with E-state index in [1.807, 2.05) is 12.1 Å². The molecular formula is C15H19N3O3. The molecule has 2 fully saturated rings. The second kappa shape index (κ2) is 5.71. The van der Waals surface area contributed by atoms with Crippen LogP contribution in [0.2, 0.25) is 0 Å². The van der Waals surface area contributed by atoms with Crippen LogP contribution >= 0.6 is 0 Å². The molecule has 3 rings (SSSR count). The smallest absolute Gasteiger partial charge is 0.245 e. The van der Waals surface area contributed by atoms with Crippen molar-refractivity contribution in [2.75, 3.05) is 13.7 Å². The highest BCUT2D eigenvalue weighted by molar-refractivity contribution is 5.90. The first-order valence-corrected chi connectivity index (χ1v) is 7.25. The zero-order valence-electron chi connectivity index (χ0n) is 12.0. The SMILES string of the molecule is COc1ncccc1CN1CCC(=O)NC(C2CC2)C1=O. The van der Waals surface area contributed by atoms with Crippen LogP contribution in [0.4, 0.5) is 0 Å². The van der Waals surface area contributed by atoms with E-state index in [-0.39, 0.29) is 17.9 Å². The third kappa shape index (κ3) is 2.99. The number of hydrogen-bond acceptors (Lipinski definition) is 4. The van der Waals surface area contributed by atoms with Crippen molar-refractivity contribution in [1.82, 2.24) is 15.2 Å². The molecule has 0 aromatic carbocycles. The van der Waals surface area contributed by atoms with Gasteiger partial charge in [-0.1, -0.05) is 6.07 Å². The summed E-state index contributed by atoms with van der Waals surface area (Å²) in [4.78, 5) is 30.3. The lowest BCUT2D eigenvalue weighted by atomic mass is 10.1. The number of carbonyl (C=O) groups excluding carboxylic acids is 2. The highest BCUT2D eigenvalue weighted by atomic mass is 16.5. The number of aromatic nitrogens is 1. The Bertz CT molecular complexity index is 557. The van der Waals surface area contributed by atoms with E-state index in [0.717, 1.165) is 18.4 Å². The average molecular weight is 289 g/mol. The van der Waals surface area contributed by atoms with E-state index in [4.69, 9.17) is 4.74 Å². The molecule has 21 heavy (non-hydrogen) atoms. The third-order valence-corrected chi connectivity index (χ3v) is 4.00. The topological polar surface area (TPSA) is 71.5 Å². The van der Waals surface area contributed by atoms with Gasteiger partial charge in [-0.3, -0.25) is 9.59 Å². The summed E-state index contributed by atoms with van der Waals surface area (Å²) in [6.07, 6.45) is 4.03. The standard InChI is InChI=1S/C15H19N3O3/c1-21-14-11(3-2-7-16-14)9-18-8-6-12(19)17-13(15(18)20)10-4-5-10/h2-3,7,10,13H,4-6,8-9H2,1H3,(H,17,19). The number of hydrogen-bond donors (Lipinski definition) is 1. The molecule has 6 nitrogen and oxygen atoms in total. The van der Waals surface area contributed by atoms with Crippen molar-refractivity contribution in [2.45, 2.75) is 31.8 Å². The molecule has 0 bridgehead atoms. The summed E-state index contributed by atoms with van der Waals surface area (Å²) in [6.45, 7) is 0.861. The van der Waals surface area contributed by atoms with E-state index >= 15 is 0 Å². The van der Waals surface area contributed by atoms with Gasteiger partial charge >= 0.3 is 0 Å². The molecule has 2 amide bonds. The van der Waals surface area contributed by atoms with Crippen LogP contribution in [-0.2, 0) is 16.1 Å². The predicted octanol–water partition coefficient (Wildman–Crippen LogP) is 0.717. The molecule has 1 saturated carbocycles. The number of ether oxygens (including phenoxy) is 1. The normalized spacial score (nSPS) is 22.7. The van der Waals surface area contributed by atoms with Gasteiger partial charge in [0, 0.05) is 24.7 Å². The third-order valence-electron chi connectivity index (χ3n) is 4.00. The molecule has 1 aliphatic carbocycles. The first-order chi connectivity index (χ1) is 10.2. The van der Waals surface area contributed by atoms with E-state index < -0.39 is 0 Å². The minimum Gasteiger partial charge on any atom is -0.481 e. The monoisotopic (exact) mass is 289 g/mol. The Labute approximate surface area is 123 Å². The van der Waals surface area contributed by atoms with Crippen LogP contribution in [0.5, 0.6) is 5.88 Å². The Kier molecular flexibility index (Phi) is 3.77. The van der Waals surface area contributed by atoms with Gasteiger partial charge < -0.3 is 15.0 Å². The molecule has 6 heteroatoms. The van der Waals surface area contributed by atoms with Crippen LogP contribution in [0.15, 0.2) is 18.3 Å². The van der Waals surface area contributed by atoms with E-state index in [1.54, 1.807) is 18.2 Å². The maximum absolute atomic E-state index is 12.6. The Morgan fingerprint density at radius 3 is 2.95 bits per heavy atom. The summed E-state index contributed by atoms with van der Waals surface area (Å²) in [5.41, 5.74) is 0.859. The molecule has 1 aromatic rings. The van der Waals surface area contributed by atoms with Gasteiger partial charge in [-0.05, 0) is 24.8 Å². The number of nitrogens with one attached hydrogen (secondary N) is 1. The van der Waals surface area contributed by atoms with Crippen LogP contribution in [0.3, 0.4) is 0 Å². The number of nitrogens with zero attached hydrogens (tertiary/aromatic N) is 2. The van der Waals surface area contributed by atoms with Gasteiger partial charge in [0.05, 0.1) is 13.7 Å². The predicted molar refractivity (Wildman–Crippen MR) is 75.5 cm³/mol. The molecule has 1 aliphatic heterocycles. The number of methoxy groups -OCH3 is 1. The van der Waals surface area contributed by atoms with Gasteiger partial charge in [-0.15, -0.1) is 0 Å². The molecule has 1 atom stereocenters. The number of amides is 2. The van der Waals surface area contributed by atoms with Gasteiger partial charge in [0.2, 0.25) is 17.7 Å². The minimum atomic E-state index is -0.359. The zero-order valence-corrected chi connectivity index (χ0v) is 12.0. The Morgan fingerprint density at radius 1 is 1.43 bits per heavy atom. The molecule has 0 radical (unpaired) electrons. The van der Waals surface area contributed by atoms with Crippen LogP contribution in [0.25, 0.3) is 0 Å². The second-order valence-corrected chi connectivity index (χ2v) is 5.56. The summed E-state index contributed by atoms with van der Waals surface area (Å²) >= 11 is 0. The van der Waals surface area contributed by atoms with Gasteiger partial charge in [0.25, 0.3) is 0 Å². The maximum Gasteiger partial charge on any atom is 0.245 e. The van der Waals surface area contributed by atoms with E-state index in [9.17, 15) is 9.59 Å². The summed E-state index contributed by atoms with van der Waals surface area (Å²) in [5, 5.41) is 2.86. The summed E-state index contributed by atoms with van der Waals surface area (Å²) in [7, 11) is 1.56. The van der Waals surface area contributed by atoms with Crippen LogP contribution in [-0.4, -0.2) is 41.4 Å². The van der Waals surface area contributed by atoms with Gasteiger partial charge in [-0.25, -0.2) is 4.98 Å². The molecular weight excluding hydrogens is 270 g/mol. The number of carbonyl (C=O) groups is 2. The Balaban J connectivity index is 1.79. The largest absolute Gasteiger partial charge is 0.481 e. The van der Waals surface area contributed by atoms with E-state index in [0.29, 0.717) is 31.3 Å². The van der Waals surface area contributed by atoms with Crippen LogP contribution in [0, 0.1) is 5.92 Å². The summed E-state index contributed by atoms with van der Waals surface area (Å²) in [5.74, 6) is 0.796. The Morgan fingerprint density at radius 2 is 2.24 bits per heavy atom. The van der Waals surface area contributed by atoms with Crippen molar-refractivity contribution < 1.29 is 14.3 Å². The van der Waals surface area contributed by atoms with Crippen LogP contribution in [0.1, 0.15) is 24.8 Å². The molecule has 112 valence electrons. The van der Waals surface area contributed by atoms with Crippen molar-refractivity contribution in [3.63, 3.8) is 0 Å². The molecule has 1 N–H and O–H groups in total. The average Bonchev–Trinajstić information content (AvgIpc) is 3.33. The fraction of sp³-hybridized carbons (Fsp3) is 0.533. The van der Waals surface area contributed by atoms with Crippen molar-refractivity contribution in [2.24, 2.45) is 5.92 Å². The lowest BCUT2D eigenvalue weighted by Crippen LogP contribution is -2.45. The highest BCUT2D eigenvalue weighted by Gasteiger charge is 2.41. The fourth-order valence-corrected chi connectivity index (χ4v) is 2.69. The van der Waals surface area contributed by atoms with Crippen LogP contribution < -0.4 is 10.1 Å². The molecule has 1 saturated heterocycles. The van der Waals surface area contributed by atoms with Crippen molar-refractivity contribution in [3.05, 3.63) is 23.9 Å². The lowest BCUT2D eigenvalue weighted by molar-refractivity contribution is -0.134. The van der Waals surface area contributed by atoms with Crippen molar-refractivity contribution in [1.29, 1.82) is 0 Å². The minimum absolute atomic E-state index is 0.00857. The Hall–Kier alpha value is -2.11. The van der Waals surface area contributed by atoms with Crippen molar-refractivity contribution in [3.8, 4) is 5.88 Å². The first kappa shape index (κ1) is 13.9. The molecule has 2 heterocycles. The first-order valence-electron chi connectivity index (χ1n) is 7.25. The maximum atomic E-state index is 12.6. The van der Waals surface area contributed by atoms with Crippen molar-refractivity contribution >= 4 is 11.8 Å². The zero-order chi connectivity index (χ0) is 14.8. The summed E-state index contributed by atoms with van der Waals surface area (Å²) < 4.78 is 5.23.